The Morgan fingerprint density at radius 2 is 1.84 bits per heavy atom. The van der Waals surface area contributed by atoms with E-state index in [1.165, 1.54) is 11.1 Å². The lowest BCUT2D eigenvalue weighted by atomic mass is 9.99. The summed E-state index contributed by atoms with van der Waals surface area (Å²) >= 11 is 0. The van der Waals surface area contributed by atoms with Crippen LogP contribution in [0.2, 0.25) is 0 Å². The lowest BCUT2D eigenvalue weighted by Crippen LogP contribution is -2.50. The molecule has 0 radical (unpaired) electrons. The van der Waals surface area contributed by atoms with Gasteiger partial charge in [0.1, 0.15) is 0 Å². The SMILES string of the molecule is CN=C(NCCC(=O)N1CCN(c2ncccn2)CC1)NCC(C)c1cccc(C)c1.I. The predicted octanol–water partition coefficient (Wildman–Crippen LogP) is 2.41. The third kappa shape index (κ3) is 7.61. The number of carbonyl (C=O) groups is 1. The summed E-state index contributed by atoms with van der Waals surface area (Å²) in [6.45, 7) is 8.53. The first-order chi connectivity index (χ1) is 15.1. The maximum atomic E-state index is 12.6. The molecule has 1 unspecified atom stereocenters. The number of piperazine rings is 1. The minimum Gasteiger partial charge on any atom is -0.356 e. The van der Waals surface area contributed by atoms with Crippen molar-refractivity contribution in [3.8, 4) is 0 Å². The second-order valence-electron chi connectivity index (χ2n) is 7.86. The number of rotatable bonds is 7. The van der Waals surface area contributed by atoms with Gasteiger partial charge in [0.25, 0.3) is 0 Å². The molecule has 1 fully saturated rings. The zero-order valence-electron chi connectivity index (χ0n) is 19.1. The number of halogens is 1. The molecule has 1 aliphatic rings. The van der Waals surface area contributed by atoms with E-state index in [9.17, 15) is 4.79 Å². The lowest BCUT2D eigenvalue weighted by molar-refractivity contribution is -0.131. The van der Waals surface area contributed by atoms with Gasteiger partial charge in [-0.15, -0.1) is 24.0 Å². The van der Waals surface area contributed by atoms with Crippen molar-refractivity contribution in [3.05, 3.63) is 53.9 Å². The average Bonchev–Trinajstić information content (AvgIpc) is 2.81. The molecule has 1 aromatic heterocycles. The first kappa shape index (κ1) is 25.8. The Morgan fingerprint density at radius 3 is 2.50 bits per heavy atom. The van der Waals surface area contributed by atoms with Crippen LogP contribution in [0.1, 0.15) is 30.4 Å². The van der Waals surface area contributed by atoms with E-state index in [2.05, 4.69) is 68.6 Å². The van der Waals surface area contributed by atoms with E-state index >= 15 is 0 Å². The molecule has 174 valence electrons. The van der Waals surface area contributed by atoms with Crippen LogP contribution in [0.15, 0.2) is 47.7 Å². The molecule has 0 bridgehead atoms. The third-order valence-electron chi connectivity index (χ3n) is 5.51. The minimum absolute atomic E-state index is 0. The number of amides is 1. The van der Waals surface area contributed by atoms with E-state index in [1.807, 2.05) is 11.0 Å². The van der Waals surface area contributed by atoms with Crippen molar-refractivity contribution < 1.29 is 4.79 Å². The van der Waals surface area contributed by atoms with Crippen LogP contribution in [0, 0.1) is 6.92 Å². The molecule has 1 aliphatic heterocycles. The van der Waals surface area contributed by atoms with Crippen molar-refractivity contribution in [2.75, 3.05) is 51.2 Å². The smallest absolute Gasteiger partial charge is 0.225 e. The van der Waals surface area contributed by atoms with Gasteiger partial charge in [0.05, 0.1) is 0 Å². The Hall–Kier alpha value is -2.43. The van der Waals surface area contributed by atoms with Gasteiger partial charge in [-0.1, -0.05) is 36.8 Å². The molecule has 8 nitrogen and oxygen atoms in total. The fourth-order valence-corrected chi connectivity index (χ4v) is 3.62. The van der Waals surface area contributed by atoms with Gasteiger partial charge in [0.2, 0.25) is 11.9 Å². The van der Waals surface area contributed by atoms with Gasteiger partial charge in [-0.2, -0.15) is 0 Å². The van der Waals surface area contributed by atoms with Crippen LogP contribution >= 0.6 is 24.0 Å². The van der Waals surface area contributed by atoms with Crippen molar-refractivity contribution >= 4 is 41.8 Å². The zero-order chi connectivity index (χ0) is 22.1. The van der Waals surface area contributed by atoms with Crippen molar-refractivity contribution in [1.29, 1.82) is 0 Å². The summed E-state index contributed by atoms with van der Waals surface area (Å²) < 4.78 is 0. The fourth-order valence-electron chi connectivity index (χ4n) is 3.62. The molecule has 0 spiro atoms. The summed E-state index contributed by atoms with van der Waals surface area (Å²) in [4.78, 5) is 29.4. The summed E-state index contributed by atoms with van der Waals surface area (Å²) in [6, 6.07) is 10.4. The number of hydrogen-bond acceptors (Lipinski definition) is 5. The highest BCUT2D eigenvalue weighted by Gasteiger charge is 2.22. The van der Waals surface area contributed by atoms with E-state index in [-0.39, 0.29) is 29.9 Å². The van der Waals surface area contributed by atoms with E-state index in [0.717, 1.165) is 31.5 Å². The highest BCUT2D eigenvalue weighted by molar-refractivity contribution is 14.0. The van der Waals surface area contributed by atoms with Crippen LogP contribution in [0.5, 0.6) is 0 Å². The number of guanidine groups is 1. The summed E-state index contributed by atoms with van der Waals surface area (Å²) in [7, 11) is 1.75. The topological polar surface area (TPSA) is 85.8 Å². The standard InChI is InChI=1S/C23H33N7O.HI/c1-18-6-4-7-20(16-18)19(2)17-28-22(24-3)25-11-8-21(31)29-12-14-30(15-13-29)23-26-9-5-10-27-23;/h4-7,9-10,16,19H,8,11-15,17H2,1-3H3,(H2,24,25,28);1H. The van der Waals surface area contributed by atoms with Gasteiger partial charge >= 0.3 is 0 Å². The van der Waals surface area contributed by atoms with Crippen molar-refractivity contribution in [2.45, 2.75) is 26.2 Å². The monoisotopic (exact) mass is 551 g/mol. The van der Waals surface area contributed by atoms with Gasteiger partial charge in [0.15, 0.2) is 5.96 Å². The molecule has 2 aromatic rings. The van der Waals surface area contributed by atoms with Gasteiger partial charge < -0.3 is 20.4 Å². The zero-order valence-corrected chi connectivity index (χ0v) is 21.5. The van der Waals surface area contributed by atoms with E-state index in [1.54, 1.807) is 19.4 Å². The molecule has 2 heterocycles. The molecule has 1 atom stereocenters. The number of nitrogens with one attached hydrogen (secondary N) is 2. The van der Waals surface area contributed by atoms with Gasteiger partial charge in [-0.05, 0) is 24.5 Å². The van der Waals surface area contributed by atoms with Crippen LogP contribution in [0.25, 0.3) is 0 Å². The Labute approximate surface area is 207 Å². The highest BCUT2D eigenvalue weighted by Crippen LogP contribution is 2.15. The number of anilines is 1. The summed E-state index contributed by atoms with van der Waals surface area (Å²) in [5.74, 6) is 1.97. The molecule has 9 heteroatoms. The van der Waals surface area contributed by atoms with Crippen LogP contribution in [0.3, 0.4) is 0 Å². The Balaban J connectivity index is 0.00000363. The molecule has 1 aromatic carbocycles. The highest BCUT2D eigenvalue weighted by atomic mass is 127. The molecule has 0 saturated carbocycles. The summed E-state index contributed by atoms with van der Waals surface area (Å²) in [6.07, 6.45) is 3.93. The van der Waals surface area contributed by atoms with E-state index < -0.39 is 0 Å². The summed E-state index contributed by atoms with van der Waals surface area (Å²) in [5.41, 5.74) is 2.57. The van der Waals surface area contributed by atoms with Crippen molar-refractivity contribution in [3.63, 3.8) is 0 Å². The first-order valence-electron chi connectivity index (χ1n) is 10.9. The Bertz CT molecular complexity index is 870. The normalized spacial score (nSPS) is 15.0. The average molecular weight is 551 g/mol. The number of carbonyl (C=O) groups excluding carboxylic acids is 1. The van der Waals surface area contributed by atoms with Crippen LogP contribution in [-0.2, 0) is 4.79 Å². The largest absolute Gasteiger partial charge is 0.356 e. The number of hydrogen-bond donors (Lipinski definition) is 2. The second kappa shape index (κ2) is 13.2. The number of aliphatic imine (C=N–C) groups is 1. The predicted molar refractivity (Wildman–Crippen MR) is 140 cm³/mol. The van der Waals surface area contributed by atoms with Crippen LogP contribution in [-0.4, -0.2) is 73.1 Å². The maximum Gasteiger partial charge on any atom is 0.225 e. The molecule has 32 heavy (non-hydrogen) atoms. The Kier molecular flexibility index (Phi) is 10.6. The second-order valence-corrected chi connectivity index (χ2v) is 7.86. The molecular formula is C23H34IN7O. The van der Waals surface area contributed by atoms with Gasteiger partial charge in [-0.3, -0.25) is 9.79 Å². The lowest BCUT2D eigenvalue weighted by Gasteiger charge is -2.34. The summed E-state index contributed by atoms with van der Waals surface area (Å²) in [5, 5.41) is 6.61. The number of benzene rings is 1. The Morgan fingerprint density at radius 1 is 1.12 bits per heavy atom. The molecule has 2 N–H and O–H groups in total. The quantitative estimate of drug-likeness (QED) is 0.313. The van der Waals surface area contributed by atoms with E-state index in [4.69, 9.17) is 0 Å². The number of nitrogens with zero attached hydrogens (tertiary/aromatic N) is 5. The minimum atomic E-state index is 0. The van der Waals surface area contributed by atoms with Crippen molar-refractivity contribution in [1.82, 2.24) is 25.5 Å². The molecule has 1 amide bonds. The molecule has 0 aliphatic carbocycles. The molecule has 3 rings (SSSR count). The fraction of sp³-hybridized carbons (Fsp3) is 0.478. The van der Waals surface area contributed by atoms with E-state index in [0.29, 0.717) is 32.0 Å². The van der Waals surface area contributed by atoms with Gasteiger partial charge in [-0.25, -0.2) is 9.97 Å². The number of aromatic nitrogens is 2. The first-order valence-corrected chi connectivity index (χ1v) is 10.9. The van der Waals surface area contributed by atoms with Crippen LogP contribution < -0.4 is 15.5 Å². The molecule has 1 saturated heterocycles. The van der Waals surface area contributed by atoms with Gasteiger partial charge in [0, 0.05) is 65.1 Å². The maximum absolute atomic E-state index is 12.6. The van der Waals surface area contributed by atoms with Crippen LogP contribution in [0.4, 0.5) is 5.95 Å². The van der Waals surface area contributed by atoms with Crippen molar-refractivity contribution in [2.24, 2.45) is 4.99 Å². The number of aryl methyl sites for hydroxylation is 1. The molecular weight excluding hydrogens is 517 g/mol. The third-order valence-corrected chi connectivity index (χ3v) is 5.51.